The Morgan fingerprint density at radius 3 is 2.43 bits per heavy atom. The third kappa shape index (κ3) is 6.81. The SMILES string of the molecule is CN(C)CCNc1cccc(C(=O)/C=C/c2ccc(-c3ccccc3)cc2N2CCN(C)CC2)c1. The monoisotopic (exact) mass is 468 g/mol. The molecule has 0 aromatic heterocycles. The molecule has 0 bridgehead atoms. The topological polar surface area (TPSA) is 38.8 Å². The van der Waals surface area contributed by atoms with Crippen LogP contribution in [0.4, 0.5) is 11.4 Å². The molecule has 5 heteroatoms. The van der Waals surface area contributed by atoms with Gasteiger partial charge in [0.25, 0.3) is 0 Å². The molecular formula is C30H36N4O. The summed E-state index contributed by atoms with van der Waals surface area (Å²) in [6, 6.07) is 24.8. The van der Waals surface area contributed by atoms with E-state index in [-0.39, 0.29) is 5.78 Å². The molecule has 0 radical (unpaired) electrons. The zero-order chi connectivity index (χ0) is 24.6. The second-order valence-corrected chi connectivity index (χ2v) is 9.44. The van der Waals surface area contributed by atoms with Gasteiger partial charge in [0.05, 0.1) is 0 Å². The number of piperazine rings is 1. The third-order valence-corrected chi connectivity index (χ3v) is 6.43. The van der Waals surface area contributed by atoms with Gasteiger partial charge < -0.3 is 20.0 Å². The Balaban J connectivity index is 1.56. The van der Waals surface area contributed by atoms with Crippen LogP contribution in [-0.4, -0.2) is 76.0 Å². The first-order valence-electron chi connectivity index (χ1n) is 12.3. The highest BCUT2D eigenvalue weighted by Crippen LogP contribution is 2.30. The Kier molecular flexibility index (Phi) is 8.35. The highest BCUT2D eigenvalue weighted by atomic mass is 16.1. The van der Waals surface area contributed by atoms with Gasteiger partial charge in [-0.3, -0.25) is 4.79 Å². The number of hydrogen-bond donors (Lipinski definition) is 1. The molecule has 0 saturated carbocycles. The van der Waals surface area contributed by atoms with Crippen molar-refractivity contribution in [2.24, 2.45) is 0 Å². The predicted octanol–water partition coefficient (Wildman–Crippen LogP) is 4.98. The van der Waals surface area contributed by atoms with Gasteiger partial charge in [-0.05, 0) is 68.2 Å². The van der Waals surface area contributed by atoms with Crippen molar-refractivity contribution in [2.45, 2.75) is 0 Å². The molecule has 1 saturated heterocycles. The first kappa shape index (κ1) is 24.7. The number of nitrogens with zero attached hydrogens (tertiary/aromatic N) is 3. The Hall–Kier alpha value is -3.41. The number of ketones is 1. The molecular weight excluding hydrogens is 432 g/mol. The van der Waals surface area contributed by atoms with Gasteiger partial charge in [-0.1, -0.05) is 54.6 Å². The van der Waals surface area contributed by atoms with E-state index >= 15 is 0 Å². The average molecular weight is 469 g/mol. The van der Waals surface area contributed by atoms with Crippen molar-refractivity contribution in [3.63, 3.8) is 0 Å². The van der Waals surface area contributed by atoms with Crippen LogP contribution in [0.1, 0.15) is 15.9 Å². The quantitative estimate of drug-likeness (QED) is 0.354. The summed E-state index contributed by atoms with van der Waals surface area (Å²) in [7, 11) is 6.27. The Morgan fingerprint density at radius 1 is 0.914 bits per heavy atom. The molecule has 3 aromatic rings. The molecule has 1 N–H and O–H groups in total. The Bertz CT molecular complexity index is 1150. The fourth-order valence-electron chi connectivity index (χ4n) is 4.28. The largest absolute Gasteiger partial charge is 0.384 e. The molecule has 1 fully saturated rings. The number of rotatable bonds is 9. The van der Waals surface area contributed by atoms with Gasteiger partial charge in [-0.25, -0.2) is 0 Å². The summed E-state index contributed by atoms with van der Waals surface area (Å²) < 4.78 is 0. The smallest absolute Gasteiger partial charge is 0.185 e. The van der Waals surface area contributed by atoms with Gasteiger partial charge in [-0.15, -0.1) is 0 Å². The minimum atomic E-state index is 0.0118. The number of carbonyl (C=O) groups excluding carboxylic acids is 1. The van der Waals surface area contributed by atoms with Crippen LogP contribution in [0.2, 0.25) is 0 Å². The maximum Gasteiger partial charge on any atom is 0.185 e. The van der Waals surface area contributed by atoms with Crippen LogP contribution in [0.25, 0.3) is 17.2 Å². The third-order valence-electron chi connectivity index (χ3n) is 6.43. The van der Waals surface area contributed by atoms with E-state index in [1.807, 2.05) is 36.4 Å². The van der Waals surface area contributed by atoms with Gasteiger partial charge >= 0.3 is 0 Å². The van der Waals surface area contributed by atoms with Gasteiger partial charge in [0.15, 0.2) is 5.78 Å². The van der Waals surface area contributed by atoms with Gasteiger partial charge in [0, 0.05) is 56.2 Å². The van der Waals surface area contributed by atoms with Crippen LogP contribution < -0.4 is 10.2 Å². The fourth-order valence-corrected chi connectivity index (χ4v) is 4.28. The predicted molar refractivity (Wildman–Crippen MR) is 148 cm³/mol. The van der Waals surface area contributed by atoms with Crippen LogP contribution >= 0.6 is 0 Å². The van der Waals surface area contributed by atoms with Crippen molar-refractivity contribution in [1.82, 2.24) is 9.80 Å². The second kappa shape index (κ2) is 11.8. The number of carbonyl (C=O) groups is 1. The summed E-state index contributed by atoms with van der Waals surface area (Å²) in [6.45, 7) is 5.79. The number of anilines is 2. The summed E-state index contributed by atoms with van der Waals surface area (Å²) in [4.78, 5) is 20.0. The lowest BCUT2D eigenvalue weighted by Gasteiger charge is -2.35. The Labute approximate surface area is 209 Å². The van der Waals surface area contributed by atoms with Crippen molar-refractivity contribution >= 4 is 23.2 Å². The zero-order valence-corrected chi connectivity index (χ0v) is 21.1. The van der Waals surface area contributed by atoms with Crippen molar-refractivity contribution in [2.75, 3.05) is 70.6 Å². The van der Waals surface area contributed by atoms with Crippen LogP contribution in [0.5, 0.6) is 0 Å². The molecule has 0 unspecified atom stereocenters. The summed E-state index contributed by atoms with van der Waals surface area (Å²) in [5.74, 6) is 0.0118. The maximum absolute atomic E-state index is 13.0. The molecule has 1 aliphatic rings. The molecule has 5 nitrogen and oxygen atoms in total. The van der Waals surface area contributed by atoms with E-state index in [9.17, 15) is 4.79 Å². The normalized spacial score (nSPS) is 14.6. The maximum atomic E-state index is 13.0. The van der Waals surface area contributed by atoms with Crippen LogP contribution in [0, 0.1) is 0 Å². The summed E-state index contributed by atoms with van der Waals surface area (Å²) in [5.41, 5.74) is 6.31. The number of likely N-dealkylation sites (N-methyl/N-ethyl adjacent to an activating group) is 2. The summed E-state index contributed by atoms with van der Waals surface area (Å²) in [6.07, 6.45) is 3.67. The lowest BCUT2D eigenvalue weighted by molar-refractivity contribution is 0.104. The fraction of sp³-hybridized carbons (Fsp3) is 0.300. The first-order valence-corrected chi connectivity index (χ1v) is 12.3. The van der Waals surface area contributed by atoms with Crippen molar-refractivity contribution < 1.29 is 4.79 Å². The standard InChI is InChI=1S/C30H36N4O/c1-32(2)17-16-31-28-11-7-10-27(22-28)30(35)15-14-25-12-13-26(24-8-5-4-6-9-24)23-29(25)34-20-18-33(3)19-21-34/h4-15,22-23,31H,16-21H2,1-3H3/b15-14+. The second-order valence-electron chi connectivity index (χ2n) is 9.44. The highest BCUT2D eigenvalue weighted by molar-refractivity contribution is 6.07. The molecule has 182 valence electrons. The van der Waals surface area contributed by atoms with Crippen LogP contribution in [-0.2, 0) is 0 Å². The number of benzene rings is 3. The number of nitrogens with one attached hydrogen (secondary N) is 1. The molecule has 1 heterocycles. The van der Waals surface area contributed by atoms with Crippen molar-refractivity contribution in [1.29, 1.82) is 0 Å². The minimum absolute atomic E-state index is 0.0118. The van der Waals surface area contributed by atoms with Crippen LogP contribution in [0.3, 0.4) is 0 Å². The summed E-state index contributed by atoms with van der Waals surface area (Å²) >= 11 is 0. The molecule has 0 amide bonds. The molecule has 0 aliphatic carbocycles. The van der Waals surface area contributed by atoms with Gasteiger partial charge in [0.1, 0.15) is 0 Å². The number of hydrogen-bond acceptors (Lipinski definition) is 5. The number of allylic oxidation sites excluding steroid dienone is 1. The van der Waals surface area contributed by atoms with E-state index in [1.54, 1.807) is 6.08 Å². The first-order chi connectivity index (χ1) is 17.0. The summed E-state index contributed by atoms with van der Waals surface area (Å²) in [5, 5.41) is 3.39. The molecule has 35 heavy (non-hydrogen) atoms. The molecule has 3 aromatic carbocycles. The van der Waals surface area contributed by atoms with E-state index < -0.39 is 0 Å². The van der Waals surface area contributed by atoms with E-state index in [1.165, 1.54) is 16.8 Å². The Morgan fingerprint density at radius 2 is 1.69 bits per heavy atom. The minimum Gasteiger partial charge on any atom is -0.384 e. The lowest BCUT2D eigenvalue weighted by atomic mass is 10.0. The van der Waals surface area contributed by atoms with Gasteiger partial charge in [-0.2, -0.15) is 0 Å². The lowest BCUT2D eigenvalue weighted by Crippen LogP contribution is -2.44. The van der Waals surface area contributed by atoms with E-state index in [4.69, 9.17) is 0 Å². The van der Waals surface area contributed by atoms with Gasteiger partial charge in [0.2, 0.25) is 0 Å². The molecule has 4 rings (SSSR count). The van der Waals surface area contributed by atoms with E-state index in [2.05, 4.69) is 83.6 Å². The van der Waals surface area contributed by atoms with Crippen LogP contribution in [0.15, 0.2) is 78.9 Å². The zero-order valence-electron chi connectivity index (χ0n) is 21.1. The molecule has 0 spiro atoms. The molecule has 0 atom stereocenters. The van der Waals surface area contributed by atoms with E-state index in [0.717, 1.165) is 50.5 Å². The molecule has 1 aliphatic heterocycles. The highest BCUT2D eigenvalue weighted by Gasteiger charge is 2.17. The van der Waals surface area contributed by atoms with E-state index in [0.29, 0.717) is 5.56 Å². The van der Waals surface area contributed by atoms with Crippen molar-refractivity contribution in [3.8, 4) is 11.1 Å². The van der Waals surface area contributed by atoms with Crippen molar-refractivity contribution in [3.05, 3.63) is 90.0 Å². The average Bonchev–Trinajstić information content (AvgIpc) is 2.88.